The van der Waals surface area contributed by atoms with Gasteiger partial charge in [-0.05, 0) is 48.1 Å². The van der Waals surface area contributed by atoms with Gasteiger partial charge < -0.3 is 9.47 Å². The number of para-hydroxylation sites is 1. The van der Waals surface area contributed by atoms with Crippen molar-refractivity contribution in [2.45, 2.75) is 4.90 Å². The summed E-state index contributed by atoms with van der Waals surface area (Å²) in [5.74, 6) is 1.20. The maximum Gasteiger partial charge on any atom is 0.216 e. The van der Waals surface area contributed by atoms with Crippen LogP contribution in [-0.2, 0) is 9.84 Å². The molecule has 26 heavy (non-hydrogen) atoms. The van der Waals surface area contributed by atoms with Crippen LogP contribution in [0.4, 0.5) is 0 Å². The molecule has 1 aliphatic rings. The monoisotopic (exact) mass is 431 g/mol. The van der Waals surface area contributed by atoms with Crippen molar-refractivity contribution in [3.05, 3.63) is 69.1 Å². The molecule has 0 atom stereocenters. The average molecular weight is 432 g/mol. The second-order valence-corrected chi connectivity index (χ2v) is 8.30. The standard InChI is InChI=1S/C19H14BrNO4S/c1-24-18-4-2-3-14-9-13(12-25-19(14)18)10-17(11-21)26(22,23)16-7-5-15(20)6-8-16/h2-10H,12H2,1H3/b17-10+. The van der Waals surface area contributed by atoms with Crippen molar-refractivity contribution < 1.29 is 17.9 Å². The number of hydrogen-bond donors (Lipinski definition) is 0. The van der Waals surface area contributed by atoms with Crippen LogP contribution in [0.1, 0.15) is 5.56 Å². The van der Waals surface area contributed by atoms with E-state index in [2.05, 4.69) is 15.9 Å². The molecule has 0 radical (unpaired) electrons. The number of halogens is 1. The van der Waals surface area contributed by atoms with Crippen LogP contribution in [0.15, 0.2) is 68.4 Å². The zero-order valence-electron chi connectivity index (χ0n) is 13.8. The molecule has 0 bridgehead atoms. The van der Waals surface area contributed by atoms with Gasteiger partial charge in [0.25, 0.3) is 0 Å². The van der Waals surface area contributed by atoms with Gasteiger partial charge in [0.05, 0.1) is 12.0 Å². The summed E-state index contributed by atoms with van der Waals surface area (Å²) in [7, 11) is -2.35. The summed E-state index contributed by atoms with van der Waals surface area (Å²) in [6.45, 7) is 0.147. The van der Waals surface area contributed by atoms with E-state index in [0.29, 0.717) is 17.1 Å². The van der Waals surface area contributed by atoms with Crippen molar-refractivity contribution in [1.82, 2.24) is 0 Å². The number of sulfone groups is 1. The quantitative estimate of drug-likeness (QED) is 0.680. The van der Waals surface area contributed by atoms with Crippen molar-refractivity contribution >= 4 is 31.8 Å². The Hall–Kier alpha value is -2.56. The fourth-order valence-electron chi connectivity index (χ4n) is 2.52. The maximum absolute atomic E-state index is 12.7. The molecular weight excluding hydrogens is 418 g/mol. The maximum atomic E-state index is 12.7. The predicted octanol–water partition coefficient (Wildman–Crippen LogP) is 4.11. The number of benzene rings is 2. The van der Waals surface area contributed by atoms with Gasteiger partial charge in [-0.15, -0.1) is 0 Å². The van der Waals surface area contributed by atoms with Gasteiger partial charge in [0.2, 0.25) is 9.84 Å². The molecule has 0 spiro atoms. The van der Waals surface area contributed by atoms with Gasteiger partial charge in [0.1, 0.15) is 17.6 Å². The van der Waals surface area contributed by atoms with E-state index < -0.39 is 9.84 Å². The lowest BCUT2D eigenvalue weighted by Crippen LogP contribution is -2.09. The van der Waals surface area contributed by atoms with Gasteiger partial charge in [-0.3, -0.25) is 0 Å². The first-order valence-corrected chi connectivity index (χ1v) is 9.86. The van der Waals surface area contributed by atoms with E-state index in [4.69, 9.17) is 9.47 Å². The van der Waals surface area contributed by atoms with E-state index in [0.717, 1.165) is 10.0 Å². The summed E-state index contributed by atoms with van der Waals surface area (Å²) in [6, 6.07) is 13.4. The highest BCUT2D eigenvalue weighted by Crippen LogP contribution is 2.36. The second kappa shape index (κ2) is 7.36. The highest BCUT2D eigenvalue weighted by molar-refractivity contribution is 9.10. The van der Waals surface area contributed by atoms with E-state index in [1.165, 1.54) is 18.2 Å². The van der Waals surface area contributed by atoms with Crippen LogP contribution in [0.2, 0.25) is 0 Å². The van der Waals surface area contributed by atoms with Crippen LogP contribution >= 0.6 is 15.9 Å². The Morgan fingerprint density at radius 1 is 1.27 bits per heavy atom. The Morgan fingerprint density at radius 3 is 2.65 bits per heavy atom. The van der Waals surface area contributed by atoms with Crippen molar-refractivity contribution in [3.8, 4) is 17.6 Å². The summed E-state index contributed by atoms with van der Waals surface area (Å²) < 4.78 is 37.1. The highest BCUT2D eigenvalue weighted by Gasteiger charge is 2.22. The minimum Gasteiger partial charge on any atom is -0.493 e. The SMILES string of the molecule is COc1cccc2c1OCC(/C=C(\C#N)S(=O)(=O)c1ccc(Br)cc1)=C2. The van der Waals surface area contributed by atoms with Gasteiger partial charge >= 0.3 is 0 Å². The van der Waals surface area contributed by atoms with Gasteiger partial charge in [0.15, 0.2) is 11.5 Å². The molecule has 2 aromatic rings. The molecular formula is C19H14BrNO4S. The second-order valence-electron chi connectivity index (χ2n) is 5.46. The minimum absolute atomic E-state index is 0.0629. The molecule has 0 saturated heterocycles. The lowest BCUT2D eigenvalue weighted by Gasteiger charge is -2.18. The van der Waals surface area contributed by atoms with Gasteiger partial charge in [-0.1, -0.05) is 28.1 Å². The lowest BCUT2D eigenvalue weighted by atomic mass is 10.1. The number of allylic oxidation sites excluding steroid dienone is 1. The minimum atomic E-state index is -3.90. The summed E-state index contributed by atoms with van der Waals surface area (Å²) in [6.07, 6.45) is 3.13. The van der Waals surface area contributed by atoms with Crippen LogP contribution in [0.25, 0.3) is 6.08 Å². The van der Waals surface area contributed by atoms with Crippen LogP contribution < -0.4 is 9.47 Å². The van der Waals surface area contributed by atoms with Crippen LogP contribution in [0.3, 0.4) is 0 Å². The third kappa shape index (κ3) is 3.52. The number of fused-ring (bicyclic) bond motifs is 1. The van der Waals surface area contributed by atoms with Gasteiger partial charge in [0, 0.05) is 10.0 Å². The Kier molecular flexibility index (Phi) is 5.16. The highest BCUT2D eigenvalue weighted by atomic mass is 79.9. The first-order chi connectivity index (χ1) is 12.5. The van der Waals surface area contributed by atoms with Crippen molar-refractivity contribution in [2.75, 3.05) is 13.7 Å². The zero-order valence-corrected chi connectivity index (χ0v) is 16.2. The molecule has 2 aromatic carbocycles. The van der Waals surface area contributed by atoms with E-state index >= 15 is 0 Å². The number of rotatable bonds is 4. The molecule has 0 unspecified atom stereocenters. The Morgan fingerprint density at radius 2 is 2.00 bits per heavy atom. The number of hydrogen-bond acceptors (Lipinski definition) is 5. The molecule has 3 rings (SSSR count). The van der Waals surface area contributed by atoms with E-state index in [1.807, 2.05) is 12.1 Å². The van der Waals surface area contributed by atoms with Crippen LogP contribution in [0.5, 0.6) is 11.5 Å². The molecule has 0 fully saturated rings. The Balaban J connectivity index is 2.01. The molecule has 0 aromatic heterocycles. The predicted molar refractivity (Wildman–Crippen MR) is 101 cm³/mol. The summed E-state index contributed by atoms with van der Waals surface area (Å²) in [5.41, 5.74) is 1.35. The molecule has 0 amide bonds. The zero-order chi connectivity index (χ0) is 18.7. The molecule has 0 N–H and O–H groups in total. The number of nitrogens with zero attached hydrogens (tertiary/aromatic N) is 1. The fraction of sp³-hybridized carbons (Fsp3) is 0.105. The van der Waals surface area contributed by atoms with Crippen molar-refractivity contribution in [3.63, 3.8) is 0 Å². The number of methoxy groups -OCH3 is 1. The molecule has 0 aliphatic carbocycles. The third-order valence-electron chi connectivity index (χ3n) is 3.79. The summed E-state index contributed by atoms with van der Waals surface area (Å²) in [5, 5.41) is 9.39. The number of nitriles is 1. The Labute approximate surface area is 160 Å². The lowest BCUT2D eigenvalue weighted by molar-refractivity contribution is 0.318. The van der Waals surface area contributed by atoms with Gasteiger partial charge in [-0.25, -0.2) is 8.42 Å². The Bertz CT molecular complexity index is 1050. The average Bonchev–Trinajstić information content (AvgIpc) is 2.65. The fourth-order valence-corrected chi connectivity index (χ4v) is 3.96. The largest absolute Gasteiger partial charge is 0.493 e. The molecule has 7 heteroatoms. The first-order valence-electron chi connectivity index (χ1n) is 7.58. The molecule has 5 nitrogen and oxygen atoms in total. The molecule has 1 aliphatic heterocycles. The van der Waals surface area contributed by atoms with Crippen molar-refractivity contribution in [2.24, 2.45) is 0 Å². The van der Waals surface area contributed by atoms with Crippen LogP contribution in [-0.4, -0.2) is 22.1 Å². The van der Waals surface area contributed by atoms with E-state index in [9.17, 15) is 13.7 Å². The summed E-state index contributed by atoms with van der Waals surface area (Å²) in [4.78, 5) is -0.270. The normalized spacial score (nSPS) is 13.9. The van der Waals surface area contributed by atoms with E-state index in [-0.39, 0.29) is 16.4 Å². The molecule has 0 saturated carbocycles. The van der Waals surface area contributed by atoms with Gasteiger partial charge in [-0.2, -0.15) is 5.26 Å². The number of ether oxygens (including phenoxy) is 2. The van der Waals surface area contributed by atoms with E-state index in [1.54, 1.807) is 37.5 Å². The van der Waals surface area contributed by atoms with Crippen molar-refractivity contribution in [1.29, 1.82) is 5.26 Å². The summed E-state index contributed by atoms with van der Waals surface area (Å²) >= 11 is 3.26. The molecule has 132 valence electrons. The first kappa shape index (κ1) is 18.2. The molecule has 1 heterocycles. The smallest absolute Gasteiger partial charge is 0.216 e. The third-order valence-corrected chi connectivity index (χ3v) is 6.00. The topological polar surface area (TPSA) is 76.4 Å². The van der Waals surface area contributed by atoms with Crippen LogP contribution in [0, 0.1) is 11.3 Å².